The van der Waals surface area contributed by atoms with E-state index in [9.17, 15) is 14.9 Å². The summed E-state index contributed by atoms with van der Waals surface area (Å²) < 4.78 is 3.90. The summed E-state index contributed by atoms with van der Waals surface area (Å²) >= 11 is 1.41. The molecule has 3 aromatic heterocycles. The lowest BCUT2D eigenvalue weighted by Gasteiger charge is -2.05. The van der Waals surface area contributed by atoms with E-state index in [0.717, 1.165) is 28.2 Å². The molecule has 0 spiro atoms. The second-order valence-electron chi connectivity index (χ2n) is 7.74. The van der Waals surface area contributed by atoms with Crippen molar-refractivity contribution >= 4 is 28.6 Å². The van der Waals surface area contributed by atoms with Gasteiger partial charge in [0.25, 0.3) is 11.6 Å². The highest BCUT2D eigenvalue weighted by atomic mass is 32.1. The minimum Gasteiger partial charge on any atom is -0.321 e. The number of rotatable bonds is 6. The number of non-ortho nitro benzene ring substituents is 1. The fraction of sp³-hybridized carbons (Fsp3) is 0. The van der Waals surface area contributed by atoms with Gasteiger partial charge in [-0.15, -0.1) is 11.3 Å². The van der Waals surface area contributed by atoms with Crippen molar-refractivity contribution in [3.8, 4) is 22.5 Å². The zero-order chi connectivity index (χ0) is 24.2. The molecule has 0 atom stereocenters. The van der Waals surface area contributed by atoms with Crippen LogP contribution in [-0.2, 0) is 0 Å². The molecule has 0 unspecified atom stereocenters. The molecule has 0 aliphatic heterocycles. The number of nitro groups is 1. The van der Waals surface area contributed by atoms with Crippen LogP contribution in [0.2, 0.25) is 0 Å². The van der Waals surface area contributed by atoms with E-state index in [1.165, 1.54) is 23.5 Å². The predicted octanol–water partition coefficient (Wildman–Crippen LogP) is 5.13. The Morgan fingerprint density at radius 2 is 1.40 bits per heavy atom. The van der Waals surface area contributed by atoms with Gasteiger partial charge in [-0.2, -0.15) is 9.13 Å². The number of carbonyl (C=O) groups is 1. The first-order valence-electron chi connectivity index (χ1n) is 10.8. The molecule has 0 saturated heterocycles. The van der Waals surface area contributed by atoms with Crippen LogP contribution in [0.1, 0.15) is 9.67 Å². The van der Waals surface area contributed by atoms with Gasteiger partial charge in [-0.3, -0.25) is 14.9 Å². The quantitative estimate of drug-likeness (QED) is 0.208. The smallest absolute Gasteiger partial charge is 0.269 e. The number of amides is 1. The summed E-state index contributed by atoms with van der Waals surface area (Å²) in [6, 6.07) is 25.8. The number of carbonyl (C=O) groups excluding carboxylic acids is 1. The van der Waals surface area contributed by atoms with Crippen LogP contribution in [0.3, 0.4) is 0 Å². The third-order valence-electron chi connectivity index (χ3n) is 5.50. The zero-order valence-electron chi connectivity index (χ0n) is 18.4. The molecular weight excluding hydrogens is 460 g/mol. The number of nitro benzene ring substituents is 1. The van der Waals surface area contributed by atoms with Crippen molar-refractivity contribution < 1.29 is 18.9 Å². The minimum atomic E-state index is -0.406. The molecule has 0 saturated carbocycles. The average molecular weight is 481 g/mol. The standard InChI is InChI=1S/C27H19N4O3S/c32-27(26-5-2-18-35-26)28-22-3-1-4-25(19-22)30-16-12-21(13-17-30)20-10-14-29(15-11-20)23-6-8-24(9-7-23)31(33)34/h1-19H/q+1/p+1. The van der Waals surface area contributed by atoms with E-state index in [0.29, 0.717) is 4.88 Å². The van der Waals surface area contributed by atoms with E-state index in [2.05, 4.69) is 5.32 Å². The van der Waals surface area contributed by atoms with Gasteiger partial charge in [0.05, 0.1) is 9.80 Å². The van der Waals surface area contributed by atoms with Gasteiger partial charge < -0.3 is 5.32 Å². The Morgan fingerprint density at radius 3 is 1.97 bits per heavy atom. The Bertz CT molecular complexity index is 1480. The number of nitrogens with zero attached hydrogens (tertiary/aromatic N) is 3. The SMILES string of the molecule is O=C(Nc1cccc(-[n+]2ccc(-c3cc[n+](-c4ccc([N+](=O)[O-])cc4)cc3)cc2)c1)c1cccs1. The van der Waals surface area contributed by atoms with Gasteiger partial charge in [0, 0.05) is 66.4 Å². The van der Waals surface area contributed by atoms with E-state index in [-0.39, 0.29) is 11.6 Å². The molecule has 0 aliphatic rings. The number of thiophene rings is 1. The van der Waals surface area contributed by atoms with Crippen LogP contribution >= 0.6 is 11.3 Å². The van der Waals surface area contributed by atoms with Crippen LogP contribution in [0.25, 0.3) is 22.5 Å². The maximum atomic E-state index is 12.3. The van der Waals surface area contributed by atoms with Crippen LogP contribution in [0.15, 0.2) is 115 Å². The summed E-state index contributed by atoms with van der Waals surface area (Å²) in [7, 11) is 0. The molecule has 0 aliphatic carbocycles. The van der Waals surface area contributed by atoms with E-state index in [4.69, 9.17) is 0 Å². The van der Waals surface area contributed by atoms with Crippen molar-refractivity contribution in [1.82, 2.24) is 0 Å². The van der Waals surface area contributed by atoms with Gasteiger partial charge in [-0.25, -0.2) is 0 Å². The van der Waals surface area contributed by atoms with E-state index in [1.807, 2.05) is 93.9 Å². The van der Waals surface area contributed by atoms with Crippen molar-refractivity contribution in [1.29, 1.82) is 0 Å². The summed E-state index contributed by atoms with van der Waals surface area (Å²) in [6.07, 6.45) is 7.81. The lowest BCUT2D eigenvalue weighted by molar-refractivity contribution is -0.596. The Hall–Kier alpha value is -4.69. The number of benzene rings is 2. The molecule has 7 nitrogen and oxygen atoms in total. The van der Waals surface area contributed by atoms with Gasteiger partial charge in [0.15, 0.2) is 24.8 Å². The van der Waals surface area contributed by atoms with Crippen LogP contribution in [0.4, 0.5) is 11.4 Å². The third-order valence-corrected chi connectivity index (χ3v) is 6.37. The maximum Gasteiger partial charge on any atom is 0.269 e. The molecule has 0 radical (unpaired) electrons. The van der Waals surface area contributed by atoms with Gasteiger partial charge >= 0.3 is 0 Å². The van der Waals surface area contributed by atoms with Crippen LogP contribution in [-0.4, -0.2) is 10.8 Å². The number of hydrogen-bond acceptors (Lipinski definition) is 4. The molecule has 0 bridgehead atoms. The molecule has 5 rings (SSSR count). The second kappa shape index (κ2) is 9.66. The van der Waals surface area contributed by atoms with Crippen LogP contribution < -0.4 is 14.5 Å². The Labute approximate surface area is 205 Å². The number of hydrogen-bond donors (Lipinski definition) is 1. The lowest BCUT2D eigenvalue weighted by Crippen LogP contribution is -2.29. The highest BCUT2D eigenvalue weighted by molar-refractivity contribution is 7.12. The average Bonchev–Trinajstić information content (AvgIpc) is 3.45. The Morgan fingerprint density at radius 1 is 0.771 bits per heavy atom. The van der Waals surface area contributed by atoms with Crippen molar-refractivity contribution in [2.45, 2.75) is 0 Å². The first kappa shape index (κ1) is 22.1. The maximum absolute atomic E-state index is 12.3. The summed E-state index contributed by atoms with van der Waals surface area (Å²) in [6.45, 7) is 0. The summed E-state index contributed by atoms with van der Waals surface area (Å²) in [5.74, 6) is -0.118. The van der Waals surface area contributed by atoms with Gasteiger partial charge in [-0.1, -0.05) is 12.1 Å². The van der Waals surface area contributed by atoms with Crippen molar-refractivity contribution in [3.63, 3.8) is 0 Å². The molecule has 8 heteroatoms. The predicted molar refractivity (Wildman–Crippen MR) is 134 cm³/mol. The van der Waals surface area contributed by atoms with Crippen molar-refractivity contribution in [2.75, 3.05) is 5.32 Å². The monoisotopic (exact) mass is 480 g/mol. The highest BCUT2D eigenvalue weighted by Crippen LogP contribution is 2.19. The normalized spacial score (nSPS) is 10.6. The first-order chi connectivity index (χ1) is 17.1. The molecule has 170 valence electrons. The number of aromatic nitrogens is 2. The largest absolute Gasteiger partial charge is 0.321 e. The molecule has 5 aromatic rings. The molecule has 0 fully saturated rings. The van der Waals surface area contributed by atoms with E-state index < -0.39 is 4.92 Å². The first-order valence-corrected chi connectivity index (χ1v) is 11.7. The third kappa shape index (κ3) is 4.97. The summed E-state index contributed by atoms with van der Waals surface area (Å²) in [5.41, 5.74) is 4.69. The molecular formula is C27H20N4O3S+2. The van der Waals surface area contributed by atoms with Crippen molar-refractivity contribution in [2.24, 2.45) is 0 Å². The fourth-order valence-corrected chi connectivity index (χ4v) is 4.29. The second-order valence-corrected chi connectivity index (χ2v) is 8.69. The van der Waals surface area contributed by atoms with Gasteiger partial charge in [-0.05, 0) is 28.6 Å². The van der Waals surface area contributed by atoms with Gasteiger partial charge in [0.1, 0.15) is 0 Å². The number of anilines is 1. The fourth-order valence-electron chi connectivity index (χ4n) is 3.67. The lowest BCUT2D eigenvalue weighted by atomic mass is 10.1. The highest BCUT2D eigenvalue weighted by Gasteiger charge is 2.13. The van der Waals surface area contributed by atoms with Gasteiger partial charge in [0.2, 0.25) is 11.4 Å². The Kier molecular flexibility index (Phi) is 6.11. The van der Waals surface area contributed by atoms with Crippen LogP contribution in [0.5, 0.6) is 0 Å². The molecule has 1 amide bonds. The van der Waals surface area contributed by atoms with Crippen LogP contribution in [0, 0.1) is 10.1 Å². The summed E-state index contributed by atoms with van der Waals surface area (Å²) in [5, 5.41) is 15.7. The summed E-state index contributed by atoms with van der Waals surface area (Å²) in [4.78, 5) is 23.5. The molecule has 3 heterocycles. The topological polar surface area (TPSA) is 80.0 Å². The molecule has 35 heavy (non-hydrogen) atoms. The van der Waals surface area contributed by atoms with E-state index in [1.54, 1.807) is 18.2 Å². The molecule has 1 N–H and O–H groups in total. The number of pyridine rings is 2. The molecule has 2 aromatic carbocycles. The number of nitrogens with one attached hydrogen (secondary N) is 1. The van der Waals surface area contributed by atoms with Crippen molar-refractivity contribution in [3.05, 3.63) is 130 Å². The zero-order valence-corrected chi connectivity index (χ0v) is 19.3. The minimum absolute atomic E-state index is 0.0685. The Balaban J connectivity index is 1.31. The van der Waals surface area contributed by atoms with E-state index >= 15 is 0 Å².